The molecular weight excluding hydrogens is 256 g/mol. The number of aryl methyl sites for hydroxylation is 1. The Hall–Kier alpha value is -2.30. The molecule has 1 aromatic carbocycles. The summed E-state index contributed by atoms with van der Waals surface area (Å²) in [6, 6.07) is 6.01. The summed E-state index contributed by atoms with van der Waals surface area (Å²) in [7, 11) is 1.50. The number of amides is 1. The van der Waals surface area contributed by atoms with Crippen LogP contribution in [0.5, 0.6) is 0 Å². The first kappa shape index (κ1) is 14.1. The van der Waals surface area contributed by atoms with Gasteiger partial charge in [0.1, 0.15) is 6.54 Å². The molecule has 0 bridgehead atoms. The highest BCUT2D eigenvalue weighted by molar-refractivity contribution is 5.91. The zero-order valence-corrected chi connectivity index (χ0v) is 11.6. The molecule has 0 aliphatic heterocycles. The topological polar surface area (TPSA) is 73.4 Å². The van der Waals surface area contributed by atoms with Crippen LogP contribution in [0.2, 0.25) is 0 Å². The van der Waals surface area contributed by atoms with E-state index in [0.29, 0.717) is 0 Å². The number of H-pyrrole nitrogens is 1. The van der Waals surface area contributed by atoms with Gasteiger partial charge in [0.05, 0.1) is 6.42 Å². The van der Waals surface area contributed by atoms with Crippen LogP contribution in [0.4, 0.5) is 0 Å². The van der Waals surface area contributed by atoms with Crippen LogP contribution in [-0.4, -0.2) is 40.5 Å². The van der Waals surface area contributed by atoms with Crippen LogP contribution < -0.4 is 0 Å². The Balaban J connectivity index is 2.22. The summed E-state index contributed by atoms with van der Waals surface area (Å²) in [6.07, 6.45) is 2.96. The number of aromatic amines is 1. The molecule has 1 heterocycles. The van der Waals surface area contributed by atoms with E-state index in [0.717, 1.165) is 22.9 Å². The summed E-state index contributed by atoms with van der Waals surface area (Å²) in [5.41, 5.74) is 3.16. The van der Waals surface area contributed by atoms with Crippen molar-refractivity contribution in [3.63, 3.8) is 0 Å². The van der Waals surface area contributed by atoms with Gasteiger partial charge in [0.2, 0.25) is 5.91 Å². The van der Waals surface area contributed by atoms with E-state index in [1.54, 1.807) is 0 Å². The third-order valence-electron chi connectivity index (χ3n) is 3.41. The molecule has 0 saturated heterocycles. The highest BCUT2D eigenvalue weighted by Gasteiger charge is 2.15. The maximum Gasteiger partial charge on any atom is 0.323 e. The van der Waals surface area contributed by atoms with E-state index >= 15 is 0 Å². The lowest BCUT2D eigenvalue weighted by Gasteiger charge is -2.14. The van der Waals surface area contributed by atoms with E-state index in [4.69, 9.17) is 5.11 Å². The average molecular weight is 274 g/mol. The van der Waals surface area contributed by atoms with Crippen LogP contribution in [0, 0.1) is 0 Å². The number of aliphatic carboxylic acids is 1. The molecule has 0 spiro atoms. The van der Waals surface area contributed by atoms with Gasteiger partial charge in [0.15, 0.2) is 0 Å². The summed E-state index contributed by atoms with van der Waals surface area (Å²) in [4.78, 5) is 27.0. The molecule has 0 radical (unpaired) electrons. The number of likely N-dealkylation sites (N-methyl/N-ethyl adjacent to an activating group) is 1. The lowest BCUT2D eigenvalue weighted by Crippen LogP contribution is -2.33. The van der Waals surface area contributed by atoms with Gasteiger partial charge >= 0.3 is 5.97 Å². The molecule has 0 atom stereocenters. The summed E-state index contributed by atoms with van der Waals surface area (Å²) in [5.74, 6) is -1.21. The number of carbonyl (C=O) groups excluding carboxylic acids is 1. The third-order valence-corrected chi connectivity index (χ3v) is 3.41. The number of carbonyl (C=O) groups is 2. The van der Waals surface area contributed by atoms with Crippen molar-refractivity contribution in [1.29, 1.82) is 0 Å². The molecule has 0 aliphatic carbocycles. The van der Waals surface area contributed by atoms with E-state index in [2.05, 4.69) is 18.0 Å². The minimum Gasteiger partial charge on any atom is -0.480 e. The lowest BCUT2D eigenvalue weighted by molar-refractivity contribution is -0.143. The van der Waals surface area contributed by atoms with Crippen LogP contribution in [0.1, 0.15) is 18.1 Å². The number of carboxylic acid groups (broad SMARTS) is 1. The van der Waals surface area contributed by atoms with Crippen molar-refractivity contribution in [2.45, 2.75) is 19.8 Å². The van der Waals surface area contributed by atoms with Crippen LogP contribution in [-0.2, 0) is 22.4 Å². The Labute approximate surface area is 117 Å². The predicted octanol–water partition coefficient (Wildman–Crippen LogP) is 1.82. The number of nitrogens with one attached hydrogen (secondary N) is 1. The monoisotopic (exact) mass is 274 g/mol. The molecule has 0 saturated carbocycles. The molecule has 5 heteroatoms. The zero-order valence-electron chi connectivity index (χ0n) is 11.6. The van der Waals surface area contributed by atoms with Gasteiger partial charge in [-0.1, -0.05) is 25.1 Å². The number of aromatic nitrogens is 1. The van der Waals surface area contributed by atoms with Gasteiger partial charge in [-0.2, -0.15) is 0 Å². The van der Waals surface area contributed by atoms with E-state index in [1.807, 2.05) is 18.3 Å². The van der Waals surface area contributed by atoms with Gasteiger partial charge < -0.3 is 15.0 Å². The van der Waals surface area contributed by atoms with Crippen molar-refractivity contribution in [2.24, 2.45) is 0 Å². The molecule has 2 rings (SSSR count). The fraction of sp³-hybridized carbons (Fsp3) is 0.333. The smallest absolute Gasteiger partial charge is 0.323 e. The van der Waals surface area contributed by atoms with E-state index in [1.165, 1.54) is 17.5 Å². The van der Waals surface area contributed by atoms with Gasteiger partial charge in [-0.3, -0.25) is 9.59 Å². The molecule has 2 aromatic rings. The number of benzene rings is 1. The van der Waals surface area contributed by atoms with Crippen molar-refractivity contribution in [2.75, 3.05) is 13.6 Å². The fourth-order valence-electron chi connectivity index (χ4n) is 2.31. The summed E-state index contributed by atoms with van der Waals surface area (Å²) in [6.45, 7) is 1.81. The first-order valence-corrected chi connectivity index (χ1v) is 6.56. The second kappa shape index (κ2) is 5.77. The van der Waals surface area contributed by atoms with E-state index in [-0.39, 0.29) is 18.9 Å². The number of para-hydroxylation sites is 1. The minimum atomic E-state index is -1.01. The normalized spacial score (nSPS) is 10.7. The molecule has 20 heavy (non-hydrogen) atoms. The van der Waals surface area contributed by atoms with Gasteiger partial charge in [-0.25, -0.2) is 0 Å². The summed E-state index contributed by atoms with van der Waals surface area (Å²) < 4.78 is 0. The highest BCUT2D eigenvalue weighted by atomic mass is 16.4. The van der Waals surface area contributed by atoms with Gasteiger partial charge in [0.25, 0.3) is 0 Å². The van der Waals surface area contributed by atoms with Gasteiger partial charge in [-0.05, 0) is 17.5 Å². The second-order valence-electron chi connectivity index (χ2n) is 4.83. The SMILES string of the molecule is CCc1cccc2c(CC(=O)N(C)CC(=O)O)c[nH]c12. The first-order chi connectivity index (χ1) is 9.52. The molecule has 0 aliphatic rings. The van der Waals surface area contributed by atoms with Crippen LogP contribution in [0.3, 0.4) is 0 Å². The van der Waals surface area contributed by atoms with Gasteiger partial charge in [0, 0.05) is 24.1 Å². The Morgan fingerprint density at radius 2 is 2.05 bits per heavy atom. The van der Waals surface area contributed by atoms with Crippen molar-refractivity contribution in [3.05, 3.63) is 35.5 Å². The van der Waals surface area contributed by atoms with Crippen molar-refractivity contribution in [1.82, 2.24) is 9.88 Å². The van der Waals surface area contributed by atoms with Crippen LogP contribution in [0.25, 0.3) is 10.9 Å². The quantitative estimate of drug-likeness (QED) is 0.873. The molecular formula is C15H18N2O3. The van der Waals surface area contributed by atoms with Crippen molar-refractivity contribution in [3.8, 4) is 0 Å². The number of hydrogen-bond acceptors (Lipinski definition) is 2. The average Bonchev–Trinajstić information content (AvgIpc) is 2.81. The standard InChI is InChI=1S/C15H18N2O3/c1-3-10-5-4-6-12-11(8-16-15(10)12)7-13(18)17(2)9-14(19)20/h4-6,8,16H,3,7,9H2,1-2H3,(H,19,20). The highest BCUT2D eigenvalue weighted by Crippen LogP contribution is 2.22. The number of fused-ring (bicyclic) bond motifs is 1. The maximum atomic E-state index is 12.0. The van der Waals surface area contributed by atoms with E-state index in [9.17, 15) is 9.59 Å². The maximum absolute atomic E-state index is 12.0. The summed E-state index contributed by atoms with van der Waals surface area (Å²) in [5, 5.41) is 9.73. The largest absolute Gasteiger partial charge is 0.480 e. The van der Waals surface area contributed by atoms with Gasteiger partial charge in [-0.15, -0.1) is 0 Å². The molecule has 2 N–H and O–H groups in total. The Morgan fingerprint density at radius 3 is 2.70 bits per heavy atom. The third kappa shape index (κ3) is 2.82. The van der Waals surface area contributed by atoms with Crippen molar-refractivity contribution < 1.29 is 14.7 Å². The number of nitrogens with zero attached hydrogens (tertiary/aromatic N) is 1. The zero-order chi connectivity index (χ0) is 14.7. The lowest BCUT2D eigenvalue weighted by atomic mass is 10.1. The first-order valence-electron chi connectivity index (χ1n) is 6.56. The molecule has 5 nitrogen and oxygen atoms in total. The molecule has 0 fully saturated rings. The van der Waals surface area contributed by atoms with Crippen molar-refractivity contribution >= 4 is 22.8 Å². The number of carboxylic acids is 1. The van der Waals surface area contributed by atoms with Crippen LogP contribution >= 0.6 is 0 Å². The predicted molar refractivity (Wildman–Crippen MR) is 76.7 cm³/mol. The van der Waals surface area contributed by atoms with Crippen LogP contribution in [0.15, 0.2) is 24.4 Å². The second-order valence-corrected chi connectivity index (χ2v) is 4.83. The molecule has 1 aromatic heterocycles. The summed E-state index contributed by atoms with van der Waals surface area (Å²) >= 11 is 0. The Bertz CT molecular complexity index is 646. The molecule has 0 unspecified atom stereocenters. The fourth-order valence-corrected chi connectivity index (χ4v) is 2.31. The number of hydrogen-bond donors (Lipinski definition) is 2. The van der Waals surface area contributed by atoms with E-state index < -0.39 is 5.97 Å². The Morgan fingerprint density at radius 1 is 1.30 bits per heavy atom. The molecule has 1 amide bonds. The Kier molecular flexibility index (Phi) is 4.08. The molecule has 106 valence electrons. The minimum absolute atomic E-state index is 0.199. The number of rotatable bonds is 5.